The summed E-state index contributed by atoms with van der Waals surface area (Å²) in [7, 11) is 0. The molecule has 0 saturated heterocycles. The Morgan fingerprint density at radius 2 is 1.95 bits per heavy atom. The van der Waals surface area contributed by atoms with Gasteiger partial charge in [-0.3, -0.25) is 4.79 Å². The number of hydrogen-bond acceptors (Lipinski definition) is 2. The number of hydrogen-bond donors (Lipinski definition) is 0. The molecule has 2 aromatic rings. The molecule has 0 spiro atoms. The zero-order valence-electron chi connectivity index (χ0n) is 10.3. The van der Waals surface area contributed by atoms with Crippen molar-refractivity contribution in [3.05, 3.63) is 63.1 Å². The van der Waals surface area contributed by atoms with Crippen LogP contribution in [0.4, 0.5) is 0 Å². The third-order valence-corrected chi connectivity index (χ3v) is 3.84. The lowest BCUT2D eigenvalue weighted by molar-refractivity contribution is 0.101. The number of carbonyl (C=O) groups excluding carboxylic acids is 1. The molecule has 98 valence electrons. The van der Waals surface area contributed by atoms with Gasteiger partial charge in [0.15, 0.2) is 5.78 Å². The first-order valence-electron chi connectivity index (χ1n) is 5.74. The summed E-state index contributed by atoms with van der Waals surface area (Å²) in [5, 5.41) is 0.497. The molecule has 0 aliphatic rings. The van der Waals surface area contributed by atoms with Crippen LogP contribution in [0.2, 0.25) is 5.02 Å². The standard InChI is InChI=1S/C15H12BrClO2/c1-10(18)12-7-14(17)13(16)8-15(12)19-9-11-5-3-2-4-6-11/h2-8H,9H2,1H3. The van der Waals surface area contributed by atoms with Crippen LogP contribution in [-0.4, -0.2) is 5.78 Å². The number of Topliss-reactive ketones (excluding diaryl/α,β-unsaturated/α-hetero) is 1. The predicted octanol–water partition coefficient (Wildman–Crippen LogP) is 4.88. The Hall–Kier alpha value is -1.32. The largest absolute Gasteiger partial charge is 0.488 e. The summed E-state index contributed by atoms with van der Waals surface area (Å²) in [6, 6.07) is 13.1. The molecule has 0 unspecified atom stereocenters. The fourth-order valence-corrected chi connectivity index (χ4v) is 2.14. The minimum absolute atomic E-state index is 0.0718. The van der Waals surface area contributed by atoms with E-state index in [1.165, 1.54) is 6.92 Å². The van der Waals surface area contributed by atoms with Gasteiger partial charge in [-0.15, -0.1) is 0 Å². The molecule has 2 nitrogen and oxygen atoms in total. The van der Waals surface area contributed by atoms with E-state index >= 15 is 0 Å². The van der Waals surface area contributed by atoms with E-state index in [0.717, 1.165) is 5.56 Å². The van der Waals surface area contributed by atoms with Crippen LogP contribution in [0.3, 0.4) is 0 Å². The highest BCUT2D eigenvalue weighted by Crippen LogP contribution is 2.31. The van der Waals surface area contributed by atoms with Crippen LogP contribution in [0.1, 0.15) is 22.8 Å². The monoisotopic (exact) mass is 338 g/mol. The molecule has 2 rings (SSSR count). The summed E-state index contributed by atoms with van der Waals surface area (Å²) in [6.07, 6.45) is 0. The van der Waals surface area contributed by atoms with Crippen LogP contribution in [-0.2, 0) is 6.61 Å². The van der Waals surface area contributed by atoms with Crippen molar-refractivity contribution in [3.63, 3.8) is 0 Å². The van der Waals surface area contributed by atoms with Gasteiger partial charge in [0.1, 0.15) is 12.4 Å². The number of halogens is 2. The van der Waals surface area contributed by atoms with Gasteiger partial charge < -0.3 is 4.74 Å². The van der Waals surface area contributed by atoms with Crippen molar-refractivity contribution in [2.75, 3.05) is 0 Å². The van der Waals surface area contributed by atoms with Crippen molar-refractivity contribution in [2.45, 2.75) is 13.5 Å². The average Bonchev–Trinajstić information content (AvgIpc) is 2.40. The lowest BCUT2D eigenvalue weighted by Gasteiger charge is -2.11. The van der Waals surface area contributed by atoms with E-state index in [4.69, 9.17) is 16.3 Å². The topological polar surface area (TPSA) is 26.3 Å². The first kappa shape index (κ1) is 14.1. The Kier molecular flexibility index (Phi) is 4.61. The molecular weight excluding hydrogens is 328 g/mol. The van der Waals surface area contributed by atoms with Gasteiger partial charge in [0.25, 0.3) is 0 Å². The maximum Gasteiger partial charge on any atom is 0.163 e. The predicted molar refractivity (Wildman–Crippen MR) is 79.9 cm³/mol. The fourth-order valence-electron chi connectivity index (χ4n) is 1.66. The average molecular weight is 340 g/mol. The molecule has 0 amide bonds. The van der Waals surface area contributed by atoms with Crippen molar-refractivity contribution in [3.8, 4) is 5.75 Å². The molecule has 0 atom stereocenters. The maximum absolute atomic E-state index is 11.6. The zero-order chi connectivity index (χ0) is 13.8. The van der Waals surface area contributed by atoms with E-state index < -0.39 is 0 Å². The first-order valence-corrected chi connectivity index (χ1v) is 6.91. The molecule has 0 N–H and O–H groups in total. The van der Waals surface area contributed by atoms with Gasteiger partial charge in [-0.1, -0.05) is 41.9 Å². The Morgan fingerprint density at radius 3 is 2.58 bits per heavy atom. The van der Waals surface area contributed by atoms with E-state index in [1.54, 1.807) is 12.1 Å². The summed E-state index contributed by atoms with van der Waals surface area (Å²) in [6.45, 7) is 1.91. The van der Waals surface area contributed by atoms with Gasteiger partial charge in [-0.2, -0.15) is 0 Å². The van der Waals surface area contributed by atoms with E-state index in [-0.39, 0.29) is 5.78 Å². The highest BCUT2D eigenvalue weighted by Gasteiger charge is 2.12. The third kappa shape index (κ3) is 3.58. The zero-order valence-corrected chi connectivity index (χ0v) is 12.7. The highest BCUT2D eigenvalue weighted by atomic mass is 79.9. The second-order valence-electron chi connectivity index (χ2n) is 4.09. The van der Waals surface area contributed by atoms with Crippen LogP contribution in [0.5, 0.6) is 5.75 Å². The van der Waals surface area contributed by atoms with Crippen LogP contribution in [0.25, 0.3) is 0 Å². The number of ether oxygens (including phenoxy) is 1. The molecular formula is C15H12BrClO2. The summed E-state index contributed by atoms with van der Waals surface area (Å²) in [5.41, 5.74) is 1.53. The summed E-state index contributed by atoms with van der Waals surface area (Å²) in [5.74, 6) is 0.463. The van der Waals surface area contributed by atoms with Gasteiger partial charge in [-0.05, 0) is 40.5 Å². The molecule has 0 heterocycles. The first-order chi connectivity index (χ1) is 9.08. The van der Waals surface area contributed by atoms with Gasteiger partial charge >= 0.3 is 0 Å². The van der Waals surface area contributed by atoms with E-state index in [1.807, 2.05) is 30.3 Å². The molecule has 0 saturated carbocycles. The normalized spacial score (nSPS) is 10.3. The molecule has 0 radical (unpaired) electrons. The van der Waals surface area contributed by atoms with E-state index in [9.17, 15) is 4.79 Å². The molecule has 0 fully saturated rings. The van der Waals surface area contributed by atoms with Crippen molar-refractivity contribution in [2.24, 2.45) is 0 Å². The SMILES string of the molecule is CC(=O)c1cc(Cl)c(Br)cc1OCc1ccccc1. The maximum atomic E-state index is 11.6. The Labute approximate surface area is 125 Å². The fraction of sp³-hybridized carbons (Fsp3) is 0.133. The van der Waals surface area contributed by atoms with Gasteiger partial charge in [0, 0.05) is 4.47 Å². The Balaban J connectivity index is 2.24. The van der Waals surface area contributed by atoms with E-state index in [2.05, 4.69) is 15.9 Å². The smallest absolute Gasteiger partial charge is 0.163 e. The molecule has 19 heavy (non-hydrogen) atoms. The van der Waals surface area contributed by atoms with Crippen molar-refractivity contribution < 1.29 is 9.53 Å². The molecule has 4 heteroatoms. The van der Waals surface area contributed by atoms with Gasteiger partial charge in [-0.25, -0.2) is 0 Å². The van der Waals surface area contributed by atoms with Gasteiger partial charge in [0.2, 0.25) is 0 Å². The lowest BCUT2D eigenvalue weighted by atomic mass is 10.1. The number of benzene rings is 2. The number of ketones is 1. The van der Waals surface area contributed by atoms with Crippen LogP contribution < -0.4 is 4.74 Å². The minimum Gasteiger partial charge on any atom is -0.488 e. The molecule has 0 bridgehead atoms. The summed E-state index contributed by atoms with van der Waals surface area (Å²) >= 11 is 9.32. The Bertz CT molecular complexity index is 597. The third-order valence-electron chi connectivity index (χ3n) is 2.64. The van der Waals surface area contributed by atoms with E-state index in [0.29, 0.717) is 27.4 Å². The second-order valence-corrected chi connectivity index (χ2v) is 5.35. The van der Waals surface area contributed by atoms with Crippen molar-refractivity contribution in [1.82, 2.24) is 0 Å². The number of carbonyl (C=O) groups is 1. The summed E-state index contributed by atoms with van der Waals surface area (Å²) < 4.78 is 6.42. The molecule has 0 aliphatic heterocycles. The van der Waals surface area contributed by atoms with Crippen molar-refractivity contribution in [1.29, 1.82) is 0 Å². The second kappa shape index (κ2) is 6.22. The molecule has 0 aromatic heterocycles. The Morgan fingerprint density at radius 1 is 1.26 bits per heavy atom. The van der Waals surface area contributed by atoms with Crippen LogP contribution in [0, 0.1) is 0 Å². The molecule has 0 aliphatic carbocycles. The van der Waals surface area contributed by atoms with Gasteiger partial charge in [0.05, 0.1) is 10.6 Å². The minimum atomic E-state index is -0.0718. The summed E-state index contributed by atoms with van der Waals surface area (Å²) in [4.78, 5) is 11.6. The van der Waals surface area contributed by atoms with Crippen LogP contribution in [0.15, 0.2) is 46.9 Å². The van der Waals surface area contributed by atoms with Crippen molar-refractivity contribution >= 4 is 33.3 Å². The van der Waals surface area contributed by atoms with Crippen LogP contribution >= 0.6 is 27.5 Å². The number of rotatable bonds is 4. The lowest BCUT2D eigenvalue weighted by Crippen LogP contribution is -2.02. The quantitative estimate of drug-likeness (QED) is 0.742. The molecule has 2 aromatic carbocycles. The highest BCUT2D eigenvalue weighted by molar-refractivity contribution is 9.10.